The molecule has 3 aromatic heterocycles. The summed E-state index contributed by atoms with van der Waals surface area (Å²) in [5.74, 6) is 0.811. The molecule has 0 bridgehead atoms. The summed E-state index contributed by atoms with van der Waals surface area (Å²) in [4.78, 5) is 17.2. The number of aryl methyl sites for hydroxylation is 1. The van der Waals surface area contributed by atoms with Gasteiger partial charge in [-0.25, -0.2) is 13.4 Å². The number of para-hydroxylation sites is 2. The first-order chi connectivity index (χ1) is 19.5. The number of rotatable bonds is 10. The minimum Gasteiger partial charge on any atom is -0.341 e. The standard InChI is InChI=1S/C31H32N6O2S/c38-40(39,27-14-11-23(12-15-27)19-32-20-26-7-3-4-16-33-26)37(22-31-35-28-8-1-2-9-29(28)36-31)21-24-10-13-25-6-5-17-34-30(25)18-24/h1-9,11-12,14-17,24,32H,10,13,18-22H2,(H,35,36). The Morgan fingerprint density at radius 2 is 1.73 bits per heavy atom. The molecule has 1 unspecified atom stereocenters. The Labute approximate surface area is 234 Å². The van der Waals surface area contributed by atoms with Gasteiger partial charge in [0.05, 0.1) is 28.2 Å². The predicted octanol–water partition coefficient (Wildman–Crippen LogP) is 4.64. The van der Waals surface area contributed by atoms with Crippen LogP contribution in [0.25, 0.3) is 11.0 Å². The fraction of sp³-hybridized carbons (Fsp3) is 0.258. The highest BCUT2D eigenvalue weighted by molar-refractivity contribution is 7.89. The molecule has 0 fully saturated rings. The minimum atomic E-state index is -3.77. The van der Waals surface area contributed by atoms with Crippen molar-refractivity contribution in [3.63, 3.8) is 0 Å². The molecule has 5 aromatic rings. The van der Waals surface area contributed by atoms with Gasteiger partial charge in [-0.2, -0.15) is 4.31 Å². The lowest BCUT2D eigenvalue weighted by Crippen LogP contribution is -2.37. The molecule has 9 heteroatoms. The SMILES string of the molecule is O=S(=O)(c1ccc(CNCc2ccccn2)cc1)N(Cc1nc2ccccc2[nH]1)CC1CCc2cccnc2C1. The van der Waals surface area contributed by atoms with Crippen LogP contribution in [0.1, 0.15) is 34.8 Å². The quantitative estimate of drug-likeness (QED) is 0.262. The number of H-pyrrole nitrogens is 1. The molecule has 8 nitrogen and oxygen atoms in total. The summed E-state index contributed by atoms with van der Waals surface area (Å²) in [5, 5.41) is 3.37. The average Bonchev–Trinajstić information content (AvgIpc) is 3.40. The van der Waals surface area contributed by atoms with Gasteiger partial charge in [0.1, 0.15) is 5.82 Å². The first kappa shape index (κ1) is 26.3. The predicted molar refractivity (Wildman–Crippen MR) is 155 cm³/mol. The van der Waals surface area contributed by atoms with E-state index in [1.807, 2.05) is 66.9 Å². The monoisotopic (exact) mass is 552 g/mol. The molecule has 0 amide bonds. The zero-order valence-corrected chi connectivity index (χ0v) is 23.0. The highest BCUT2D eigenvalue weighted by Gasteiger charge is 2.30. The van der Waals surface area contributed by atoms with Crippen LogP contribution >= 0.6 is 0 Å². The maximum Gasteiger partial charge on any atom is 0.243 e. The Morgan fingerprint density at radius 3 is 2.55 bits per heavy atom. The molecule has 2 N–H and O–H groups in total. The van der Waals surface area contributed by atoms with Gasteiger partial charge in [0.15, 0.2) is 0 Å². The van der Waals surface area contributed by atoms with E-state index in [4.69, 9.17) is 0 Å². The third-order valence-corrected chi connectivity index (χ3v) is 9.26. The number of hydrogen-bond donors (Lipinski definition) is 2. The van der Waals surface area contributed by atoms with E-state index in [-0.39, 0.29) is 17.4 Å². The number of fused-ring (bicyclic) bond motifs is 2. The van der Waals surface area contributed by atoms with Crippen LogP contribution in [0.4, 0.5) is 0 Å². The smallest absolute Gasteiger partial charge is 0.243 e. The first-order valence-electron chi connectivity index (χ1n) is 13.6. The fourth-order valence-corrected chi connectivity index (χ4v) is 6.80. The highest BCUT2D eigenvalue weighted by atomic mass is 32.2. The summed E-state index contributed by atoms with van der Waals surface area (Å²) in [5.41, 5.74) is 6.03. The topological polar surface area (TPSA) is 104 Å². The number of aromatic amines is 1. The van der Waals surface area contributed by atoms with Crippen molar-refractivity contribution in [1.29, 1.82) is 0 Å². The van der Waals surface area contributed by atoms with Gasteiger partial charge < -0.3 is 10.3 Å². The maximum atomic E-state index is 14.0. The molecule has 3 heterocycles. The van der Waals surface area contributed by atoms with Crippen LogP contribution in [0.15, 0.2) is 96.2 Å². The second-order valence-electron chi connectivity index (χ2n) is 10.3. The molecule has 0 saturated heterocycles. The Morgan fingerprint density at radius 1 is 0.900 bits per heavy atom. The third-order valence-electron chi connectivity index (χ3n) is 7.44. The molecular weight excluding hydrogens is 520 g/mol. The second-order valence-corrected chi connectivity index (χ2v) is 12.2. The van der Waals surface area contributed by atoms with E-state index in [2.05, 4.69) is 31.3 Å². The van der Waals surface area contributed by atoms with Crippen molar-refractivity contribution in [3.8, 4) is 0 Å². The lowest BCUT2D eigenvalue weighted by molar-refractivity contribution is 0.309. The summed E-state index contributed by atoms with van der Waals surface area (Å²) in [7, 11) is -3.77. The number of aromatic nitrogens is 4. The van der Waals surface area contributed by atoms with Crippen molar-refractivity contribution in [2.75, 3.05) is 6.54 Å². The summed E-state index contributed by atoms with van der Waals surface area (Å²) >= 11 is 0. The van der Waals surface area contributed by atoms with Gasteiger partial charge in [0.2, 0.25) is 10.0 Å². The highest BCUT2D eigenvalue weighted by Crippen LogP contribution is 2.28. The molecule has 6 rings (SSSR count). The van der Waals surface area contributed by atoms with Crippen LogP contribution in [0, 0.1) is 5.92 Å². The van der Waals surface area contributed by atoms with Crippen molar-refractivity contribution in [2.24, 2.45) is 5.92 Å². The summed E-state index contributed by atoms with van der Waals surface area (Å²) in [6.07, 6.45) is 6.19. The molecular formula is C31H32N6O2S. The van der Waals surface area contributed by atoms with E-state index in [1.165, 1.54) is 5.56 Å². The molecule has 0 spiro atoms. The van der Waals surface area contributed by atoms with Crippen LogP contribution in [0.2, 0.25) is 0 Å². The number of benzene rings is 2. The number of nitrogens with zero attached hydrogens (tertiary/aromatic N) is 4. The third kappa shape index (κ3) is 5.96. The van der Waals surface area contributed by atoms with E-state index >= 15 is 0 Å². The zero-order valence-electron chi connectivity index (χ0n) is 22.2. The lowest BCUT2D eigenvalue weighted by Gasteiger charge is -2.29. The molecule has 1 aliphatic carbocycles. The van der Waals surface area contributed by atoms with Crippen LogP contribution < -0.4 is 5.32 Å². The number of sulfonamides is 1. The average molecular weight is 553 g/mol. The van der Waals surface area contributed by atoms with Gasteiger partial charge in [-0.05, 0) is 78.8 Å². The van der Waals surface area contributed by atoms with Gasteiger partial charge in [-0.15, -0.1) is 0 Å². The summed E-state index contributed by atoms with van der Waals surface area (Å²) in [6, 6.07) is 24.8. The van der Waals surface area contributed by atoms with Gasteiger partial charge in [0, 0.05) is 37.7 Å². The van der Waals surface area contributed by atoms with E-state index in [0.717, 1.165) is 47.2 Å². The van der Waals surface area contributed by atoms with Crippen LogP contribution in [-0.2, 0) is 42.5 Å². The van der Waals surface area contributed by atoms with E-state index in [1.54, 1.807) is 22.6 Å². The molecule has 40 heavy (non-hydrogen) atoms. The minimum absolute atomic E-state index is 0.177. The normalized spacial score (nSPS) is 15.4. The Balaban J connectivity index is 1.21. The zero-order chi connectivity index (χ0) is 27.4. The van der Waals surface area contributed by atoms with Crippen molar-refractivity contribution >= 4 is 21.1 Å². The fourth-order valence-electron chi connectivity index (χ4n) is 5.32. The lowest BCUT2D eigenvalue weighted by atomic mass is 9.87. The number of imidazole rings is 1. The molecule has 204 valence electrons. The Hall–Kier alpha value is -3.92. The number of nitrogens with one attached hydrogen (secondary N) is 2. The van der Waals surface area contributed by atoms with Gasteiger partial charge in [-0.3, -0.25) is 9.97 Å². The largest absolute Gasteiger partial charge is 0.341 e. The van der Waals surface area contributed by atoms with E-state index in [0.29, 0.717) is 25.5 Å². The second kappa shape index (κ2) is 11.7. The molecule has 1 aliphatic rings. The van der Waals surface area contributed by atoms with Crippen molar-refractivity contribution in [1.82, 2.24) is 29.6 Å². The molecule has 2 aromatic carbocycles. The summed E-state index contributed by atoms with van der Waals surface area (Å²) in [6.45, 7) is 1.85. The van der Waals surface area contributed by atoms with Crippen molar-refractivity contribution in [3.05, 3.63) is 120 Å². The molecule has 0 radical (unpaired) electrons. The van der Waals surface area contributed by atoms with E-state index < -0.39 is 10.0 Å². The van der Waals surface area contributed by atoms with E-state index in [9.17, 15) is 8.42 Å². The van der Waals surface area contributed by atoms with Crippen LogP contribution in [-0.4, -0.2) is 39.2 Å². The van der Waals surface area contributed by atoms with Gasteiger partial charge in [0.25, 0.3) is 0 Å². The number of pyridine rings is 2. The molecule has 0 aliphatic heterocycles. The van der Waals surface area contributed by atoms with Crippen LogP contribution in [0.5, 0.6) is 0 Å². The van der Waals surface area contributed by atoms with Crippen molar-refractivity contribution in [2.45, 2.75) is 43.8 Å². The van der Waals surface area contributed by atoms with Gasteiger partial charge >= 0.3 is 0 Å². The molecule has 0 saturated carbocycles. The Bertz CT molecular complexity index is 1650. The van der Waals surface area contributed by atoms with Gasteiger partial charge in [-0.1, -0.05) is 36.4 Å². The van der Waals surface area contributed by atoms with Crippen molar-refractivity contribution < 1.29 is 8.42 Å². The summed E-state index contributed by atoms with van der Waals surface area (Å²) < 4.78 is 29.6. The Kier molecular flexibility index (Phi) is 7.68. The first-order valence-corrected chi connectivity index (χ1v) is 15.0. The number of hydrogen-bond acceptors (Lipinski definition) is 6. The van der Waals surface area contributed by atoms with Crippen LogP contribution in [0.3, 0.4) is 0 Å². The molecule has 1 atom stereocenters. The maximum absolute atomic E-state index is 14.0.